The van der Waals surface area contributed by atoms with Crippen LogP contribution in [0.1, 0.15) is 5.56 Å². The molecule has 2 aromatic rings. The van der Waals surface area contributed by atoms with E-state index in [0.29, 0.717) is 17.1 Å². The lowest BCUT2D eigenvalue weighted by molar-refractivity contribution is -0.131. The van der Waals surface area contributed by atoms with Crippen molar-refractivity contribution in [3.8, 4) is 11.5 Å². The third-order valence-electron chi connectivity index (χ3n) is 2.20. The van der Waals surface area contributed by atoms with Gasteiger partial charge in [0.15, 0.2) is 0 Å². The van der Waals surface area contributed by atoms with Gasteiger partial charge in [-0.25, -0.2) is 9.18 Å². The highest BCUT2D eigenvalue weighted by Crippen LogP contribution is 2.21. The molecule has 0 saturated heterocycles. The maximum Gasteiger partial charge on any atom is 0.328 e. The van der Waals surface area contributed by atoms with Gasteiger partial charge in [0, 0.05) is 12.3 Å². The molecule has 19 heavy (non-hydrogen) atoms. The molecule has 1 N–H and O–H groups in total. The molecule has 0 saturated carbocycles. The number of rotatable bonds is 4. The largest absolute Gasteiger partial charge is 0.478 e. The van der Waals surface area contributed by atoms with E-state index >= 15 is 0 Å². The molecular formula is C14H10FNO3. The first-order chi connectivity index (χ1) is 9.13. The summed E-state index contributed by atoms with van der Waals surface area (Å²) >= 11 is 0. The van der Waals surface area contributed by atoms with Gasteiger partial charge in [0.2, 0.25) is 0 Å². The van der Waals surface area contributed by atoms with Crippen LogP contribution in [0.5, 0.6) is 11.5 Å². The van der Waals surface area contributed by atoms with Crippen molar-refractivity contribution in [3.63, 3.8) is 0 Å². The third kappa shape index (κ3) is 3.92. The summed E-state index contributed by atoms with van der Waals surface area (Å²) in [6.07, 6.45) is 5.42. The van der Waals surface area contributed by atoms with Gasteiger partial charge in [-0.2, -0.15) is 0 Å². The molecule has 1 aromatic heterocycles. The predicted molar refractivity (Wildman–Crippen MR) is 67.4 cm³/mol. The van der Waals surface area contributed by atoms with E-state index < -0.39 is 5.97 Å². The highest BCUT2D eigenvalue weighted by Gasteiger charge is 1.99. The van der Waals surface area contributed by atoms with Gasteiger partial charge in [-0.3, -0.25) is 4.98 Å². The Morgan fingerprint density at radius 2 is 1.95 bits per heavy atom. The summed E-state index contributed by atoms with van der Waals surface area (Å²) in [6, 6.07) is 7.20. The zero-order valence-electron chi connectivity index (χ0n) is 9.79. The van der Waals surface area contributed by atoms with Gasteiger partial charge in [-0.15, -0.1) is 0 Å². The van der Waals surface area contributed by atoms with E-state index in [9.17, 15) is 9.18 Å². The number of carboxylic acids is 1. The van der Waals surface area contributed by atoms with Crippen molar-refractivity contribution in [1.82, 2.24) is 4.98 Å². The lowest BCUT2D eigenvalue weighted by Gasteiger charge is -2.05. The molecule has 1 aromatic carbocycles. The number of carbonyl (C=O) groups is 1. The SMILES string of the molecule is O=C(O)/C=C/c1cncc(Oc2ccc(F)cc2)c1. The van der Waals surface area contributed by atoms with Crippen molar-refractivity contribution in [1.29, 1.82) is 0 Å². The van der Waals surface area contributed by atoms with Gasteiger partial charge >= 0.3 is 5.97 Å². The number of ether oxygens (including phenoxy) is 1. The second kappa shape index (κ2) is 5.77. The topological polar surface area (TPSA) is 59.4 Å². The van der Waals surface area contributed by atoms with Gasteiger partial charge in [0.25, 0.3) is 0 Å². The highest BCUT2D eigenvalue weighted by atomic mass is 19.1. The Kier molecular flexibility index (Phi) is 3.87. The van der Waals surface area contributed by atoms with Crippen LogP contribution >= 0.6 is 0 Å². The molecule has 0 aliphatic carbocycles. The molecule has 0 atom stereocenters. The first-order valence-corrected chi connectivity index (χ1v) is 5.43. The summed E-state index contributed by atoms with van der Waals surface area (Å²) in [5.74, 6) is -0.463. The predicted octanol–water partition coefficient (Wildman–Crippen LogP) is 3.11. The minimum atomic E-state index is -1.04. The number of carboxylic acid groups (broad SMARTS) is 1. The molecule has 2 rings (SSSR count). The summed E-state index contributed by atoms with van der Waals surface area (Å²) in [6.45, 7) is 0. The summed E-state index contributed by atoms with van der Waals surface area (Å²) in [5, 5.41) is 8.53. The van der Waals surface area contributed by atoms with Gasteiger partial charge in [0.05, 0.1) is 6.20 Å². The van der Waals surface area contributed by atoms with Crippen molar-refractivity contribution in [2.75, 3.05) is 0 Å². The highest BCUT2D eigenvalue weighted by molar-refractivity contribution is 5.85. The maximum atomic E-state index is 12.7. The van der Waals surface area contributed by atoms with Crippen LogP contribution < -0.4 is 4.74 Å². The smallest absolute Gasteiger partial charge is 0.328 e. The molecular weight excluding hydrogens is 249 g/mol. The molecule has 0 amide bonds. The third-order valence-corrected chi connectivity index (χ3v) is 2.20. The van der Waals surface area contributed by atoms with E-state index in [1.807, 2.05) is 0 Å². The lowest BCUT2D eigenvalue weighted by Crippen LogP contribution is -1.88. The van der Waals surface area contributed by atoms with Crippen LogP contribution in [-0.2, 0) is 4.79 Å². The Morgan fingerprint density at radius 1 is 1.21 bits per heavy atom. The molecule has 0 bridgehead atoms. The first kappa shape index (κ1) is 12.8. The van der Waals surface area contributed by atoms with Crippen molar-refractivity contribution in [3.05, 3.63) is 60.2 Å². The molecule has 4 nitrogen and oxygen atoms in total. The van der Waals surface area contributed by atoms with Crippen molar-refractivity contribution >= 4 is 12.0 Å². The molecule has 0 radical (unpaired) electrons. The van der Waals surface area contributed by atoms with Crippen LogP contribution in [0.25, 0.3) is 6.08 Å². The number of aliphatic carboxylic acids is 1. The van der Waals surface area contributed by atoms with E-state index in [0.717, 1.165) is 6.08 Å². The van der Waals surface area contributed by atoms with E-state index in [2.05, 4.69) is 4.98 Å². The van der Waals surface area contributed by atoms with Crippen molar-refractivity contribution in [2.24, 2.45) is 0 Å². The first-order valence-electron chi connectivity index (χ1n) is 5.43. The van der Waals surface area contributed by atoms with Crippen LogP contribution in [0.4, 0.5) is 4.39 Å². The molecule has 0 unspecified atom stereocenters. The van der Waals surface area contributed by atoms with E-state index in [4.69, 9.17) is 9.84 Å². The van der Waals surface area contributed by atoms with Crippen LogP contribution in [0.15, 0.2) is 48.8 Å². The van der Waals surface area contributed by atoms with Gasteiger partial charge in [-0.1, -0.05) is 0 Å². The van der Waals surface area contributed by atoms with Gasteiger partial charge < -0.3 is 9.84 Å². The summed E-state index contributed by atoms with van der Waals surface area (Å²) in [4.78, 5) is 14.3. The molecule has 1 heterocycles. The standard InChI is InChI=1S/C14H10FNO3/c15-11-2-4-12(5-3-11)19-13-7-10(8-16-9-13)1-6-14(17)18/h1-9H,(H,17,18)/b6-1+. The molecule has 5 heteroatoms. The lowest BCUT2D eigenvalue weighted by atomic mass is 10.2. The quantitative estimate of drug-likeness (QED) is 0.857. The zero-order chi connectivity index (χ0) is 13.7. The van der Waals surface area contributed by atoms with E-state index in [-0.39, 0.29) is 5.82 Å². The van der Waals surface area contributed by atoms with Gasteiger partial charge in [0.1, 0.15) is 17.3 Å². The Labute approximate surface area is 108 Å². The van der Waals surface area contributed by atoms with Crippen molar-refractivity contribution in [2.45, 2.75) is 0 Å². The summed E-state index contributed by atoms with van der Waals surface area (Å²) in [7, 11) is 0. The number of hydrogen-bond donors (Lipinski definition) is 1. The average molecular weight is 259 g/mol. The van der Waals surface area contributed by atoms with Crippen LogP contribution in [0, 0.1) is 5.82 Å². The van der Waals surface area contributed by atoms with E-state index in [1.54, 1.807) is 6.07 Å². The van der Waals surface area contributed by atoms with Crippen LogP contribution in [0.3, 0.4) is 0 Å². The number of halogens is 1. The second-order valence-electron chi connectivity index (χ2n) is 3.68. The average Bonchev–Trinajstić information content (AvgIpc) is 2.40. The fourth-order valence-corrected chi connectivity index (χ4v) is 1.39. The number of nitrogens with zero attached hydrogens (tertiary/aromatic N) is 1. The minimum absolute atomic E-state index is 0.344. The van der Waals surface area contributed by atoms with E-state index in [1.165, 1.54) is 42.7 Å². The molecule has 96 valence electrons. The number of hydrogen-bond acceptors (Lipinski definition) is 3. The Bertz CT molecular complexity index is 608. The molecule has 0 aliphatic rings. The van der Waals surface area contributed by atoms with Crippen LogP contribution in [0.2, 0.25) is 0 Å². The number of aromatic nitrogens is 1. The van der Waals surface area contributed by atoms with Gasteiger partial charge in [-0.05, 0) is 42.0 Å². The second-order valence-corrected chi connectivity index (χ2v) is 3.68. The number of pyridine rings is 1. The fourth-order valence-electron chi connectivity index (χ4n) is 1.39. The molecule has 0 spiro atoms. The Balaban J connectivity index is 2.15. The molecule has 0 fully saturated rings. The monoisotopic (exact) mass is 259 g/mol. The Morgan fingerprint density at radius 3 is 2.63 bits per heavy atom. The minimum Gasteiger partial charge on any atom is -0.478 e. The summed E-state index contributed by atoms with van der Waals surface area (Å²) < 4.78 is 18.2. The van der Waals surface area contributed by atoms with Crippen molar-refractivity contribution < 1.29 is 19.0 Å². The Hall–Kier alpha value is -2.69. The maximum absolute atomic E-state index is 12.7. The number of benzene rings is 1. The zero-order valence-corrected chi connectivity index (χ0v) is 9.79. The summed E-state index contributed by atoms with van der Waals surface area (Å²) in [5.41, 5.74) is 0.599. The molecule has 0 aliphatic heterocycles. The fraction of sp³-hybridized carbons (Fsp3) is 0. The van der Waals surface area contributed by atoms with Crippen LogP contribution in [-0.4, -0.2) is 16.1 Å². The normalized spacial score (nSPS) is 10.6.